The zero-order valence-corrected chi connectivity index (χ0v) is 8.67. The van der Waals surface area contributed by atoms with E-state index in [2.05, 4.69) is 32.0 Å². The lowest BCUT2D eigenvalue weighted by Crippen LogP contribution is -2.09. The van der Waals surface area contributed by atoms with Crippen LogP contribution in [0.2, 0.25) is 0 Å². The smallest absolute Gasteiger partial charge is 0.0578 e. The van der Waals surface area contributed by atoms with Crippen LogP contribution in [0.1, 0.15) is 30.0 Å². The zero-order valence-electron chi connectivity index (χ0n) is 8.67. The molecule has 0 fully saturated rings. The van der Waals surface area contributed by atoms with E-state index in [0.29, 0.717) is 0 Å². The van der Waals surface area contributed by atoms with E-state index in [1.807, 2.05) is 6.92 Å². The summed E-state index contributed by atoms with van der Waals surface area (Å²) < 4.78 is 0. The van der Waals surface area contributed by atoms with E-state index >= 15 is 0 Å². The molecule has 1 rings (SSSR count). The van der Waals surface area contributed by atoms with Gasteiger partial charge in [-0.05, 0) is 37.8 Å². The molecule has 13 heavy (non-hydrogen) atoms. The van der Waals surface area contributed by atoms with Gasteiger partial charge in [-0.2, -0.15) is 0 Å². The highest BCUT2D eigenvalue weighted by Gasteiger charge is 2.04. The Labute approximate surface area is 80.4 Å². The lowest BCUT2D eigenvalue weighted by Gasteiger charge is -2.10. The second kappa shape index (κ2) is 4.43. The van der Waals surface area contributed by atoms with Gasteiger partial charge in [0.2, 0.25) is 0 Å². The van der Waals surface area contributed by atoms with Gasteiger partial charge >= 0.3 is 0 Å². The van der Waals surface area contributed by atoms with Gasteiger partial charge in [-0.25, -0.2) is 0 Å². The Morgan fingerprint density at radius 2 is 2.00 bits per heavy atom. The summed E-state index contributed by atoms with van der Waals surface area (Å²) in [6.07, 6.45) is 1.41. The van der Waals surface area contributed by atoms with Gasteiger partial charge in [0.1, 0.15) is 0 Å². The third kappa shape index (κ3) is 2.85. The molecule has 0 radical (unpaired) electrons. The van der Waals surface area contributed by atoms with E-state index in [1.54, 1.807) is 0 Å². The Morgan fingerprint density at radius 1 is 1.31 bits per heavy atom. The Kier molecular flexibility index (Phi) is 3.49. The first-order valence-electron chi connectivity index (χ1n) is 4.87. The number of benzene rings is 1. The molecule has 0 spiro atoms. The number of hydrogen-bond donors (Lipinski definition) is 1. The van der Waals surface area contributed by atoms with Crippen molar-refractivity contribution in [1.29, 1.82) is 0 Å². The average Bonchev–Trinajstić information content (AvgIpc) is 2.11. The molecule has 1 nitrogen and oxygen atoms in total. The predicted octanol–water partition coefficient (Wildman–Crippen LogP) is 2.62. The Morgan fingerprint density at radius 3 is 2.62 bits per heavy atom. The summed E-state index contributed by atoms with van der Waals surface area (Å²) in [5.74, 6) is 0. The zero-order chi connectivity index (χ0) is 9.84. The van der Waals surface area contributed by atoms with Crippen LogP contribution in [0.3, 0.4) is 0 Å². The minimum atomic E-state index is -0.194. The normalized spacial score (nSPS) is 12.9. The fourth-order valence-corrected chi connectivity index (χ4v) is 1.42. The van der Waals surface area contributed by atoms with Crippen LogP contribution in [0.4, 0.5) is 0 Å². The van der Waals surface area contributed by atoms with Crippen LogP contribution in [-0.2, 0) is 6.42 Å². The highest BCUT2D eigenvalue weighted by atomic mass is 16.3. The van der Waals surface area contributed by atoms with Gasteiger partial charge in [-0.15, -0.1) is 0 Å². The minimum Gasteiger partial charge on any atom is -0.393 e. The van der Waals surface area contributed by atoms with Crippen LogP contribution >= 0.6 is 0 Å². The van der Waals surface area contributed by atoms with Crippen molar-refractivity contribution >= 4 is 0 Å². The fraction of sp³-hybridized carbons (Fsp3) is 0.500. The maximum absolute atomic E-state index is 9.53. The SMILES string of the molecule is CC[C@H](O)Cc1cc(C)ccc1C. The number of aliphatic hydroxyl groups excluding tert-OH is 1. The second-order valence-electron chi connectivity index (χ2n) is 3.70. The van der Waals surface area contributed by atoms with Crippen molar-refractivity contribution in [2.75, 3.05) is 0 Å². The summed E-state index contributed by atoms with van der Waals surface area (Å²) in [5.41, 5.74) is 3.82. The Hall–Kier alpha value is -0.820. The molecule has 0 saturated carbocycles. The molecule has 1 atom stereocenters. The monoisotopic (exact) mass is 178 g/mol. The van der Waals surface area contributed by atoms with Crippen molar-refractivity contribution in [3.8, 4) is 0 Å². The Bertz CT molecular complexity index is 278. The quantitative estimate of drug-likeness (QED) is 0.754. The minimum absolute atomic E-state index is 0.194. The van der Waals surface area contributed by atoms with Crippen molar-refractivity contribution in [3.05, 3.63) is 34.9 Å². The lowest BCUT2D eigenvalue weighted by atomic mass is 9.99. The summed E-state index contributed by atoms with van der Waals surface area (Å²) in [6, 6.07) is 6.39. The van der Waals surface area contributed by atoms with Crippen LogP contribution in [0.15, 0.2) is 18.2 Å². The van der Waals surface area contributed by atoms with E-state index in [0.717, 1.165) is 12.8 Å². The van der Waals surface area contributed by atoms with Crippen molar-refractivity contribution in [2.24, 2.45) is 0 Å². The largest absolute Gasteiger partial charge is 0.393 e. The first-order valence-corrected chi connectivity index (χ1v) is 4.87. The molecule has 1 N–H and O–H groups in total. The molecule has 0 aliphatic carbocycles. The van der Waals surface area contributed by atoms with Crippen molar-refractivity contribution in [1.82, 2.24) is 0 Å². The third-order valence-electron chi connectivity index (χ3n) is 2.43. The molecule has 0 saturated heterocycles. The van der Waals surface area contributed by atoms with Gasteiger partial charge in [0.05, 0.1) is 6.10 Å². The van der Waals surface area contributed by atoms with Gasteiger partial charge in [-0.1, -0.05) is 30.7 Å². The molecule has 0 heterocycles. The molecule has 0 aliphatic rings. The lowest BCUT2D eigenvalue weighted by molar-refractivity contribution is 0.170. The number of hydrogen-bond acceptors (Lipinski definition) is 1. The highest BCUT2D eigenvalue weighted by molar-refractivity contribution is 5.30. The van der Waals surface area contributed by atoms with Crippen LogP contribution in [0, 0.1) is 13.8 Å². The maximum atomic E-state index is 9.53. The first kappa shape index (κ1) is 10.3. The fourth-order valence-electron chi connectivity index (χ4n) is 1.42. The van der Waals surface area contributed by atoms with Crippen LogP contribution in [0.5, 0.6) is 0 Å². The van der Waals surface area contributed by atoms with Gasteiger partial charge in [0.15, 0.2) is 0 Å². The third-order valence-corrected chi connectivity index (χ3v) is 2.43. The molecule has 1 aromatic rings. The molecular formula is C12H18O. The van der Waals surface area contributed by atoms with E-state index in [4.69, 9.17) is 0 Å². The molecule has 1 heteroatoms. The average molecular weight is 178 g/mol. The van der Waals surface area contributed by atoms with Gasteiger partial charge < -0.3 is 5.11 Å². The second-order valence-corrected chi connectivity index (χ2v) is 3.70. The molecule has 0 aliphatic heterocycles. The van der Waals surface area contributed by atoms with Gasteiger partial charge in [0.25, 0.3) is 0 Å². The predicted molar refractivity (Wildman–Crippen MR) is 55.9 cm³/mol. The summed E-state index contributed by atoms with van der Waals surface area (Å²) in [7, 11) is 0. The summed E-state index contributed by atoms with van der Waals surface area (Å²) in [4.78, 5) is 0. The summed E-state index contributed by atoms with van der Waals surface area (Å²) in [6.45, 7) is 6.19. The van der Waals surface area contributed by atoms with Gasteiger partial charge in [0, 0.05) is 0 Å². The molecular weight excluding hydrogens is 160 g/mol. The first-order chi connectivity index (χ1) is 6.13. The topological polar surface area (TPSA) is 20.2 Å². The van der Waals surface area contributed by atoms with Gasteiger partial charge in [-0.3, -0.25) is 0 Å². The number of rotatable bonds is 3. The van der Waals surface area contributed by atoms with E-state index in [-0.39, 0.29) is 6.10 Å². The van der Waals surface area contributed by atoms with E-state index in [1.165, 1.54) is 16.7 Å². The maximum Gasteiger partial charge on any atom is 0.0578 e. The number of aliphatic hydroxyl groups is 1. The van der Waals surface area contributed by atoms with Crippen molar-refractivity contribution in [3.63, 3.8) is 0 Å². The van der Waals surface area contributed by atoms with Crippen LogP contribution in [-0.4, -0.2) is 11.2 Å². The van der Waals surface area contributed by atoms with E-state index in [9.17, 15) is 5.11 Å². The standard InChI is InChI=1S/C12H18O/c1-4-12(13)8-11-7-9(2)5-6-10(11)3/h5-7,12-13H,4,8H2,1-3H3/t12-/m0/s1. The molecule has 1 aromatic carbocycles. The summed E-state index contributed by atoms with van der Waals surface area (Å²) >= 11 is 0. The molecule has 0 aromatic heterocycles. The van der Waals surface area contributed by atoms with Crippen LogP contribution < -0.4 is 0 Å². The van der Waals surface area contributed by atoms with Crippen molar-refractivity contribution in [2.45, 2.75) is 39.7 Å². The highest BCUT2D eigenvalue weighted by Crippen LogP contribution is 2.13. The van der Waals surface area contributed by atoms with E-state index < -0.39 is 0 Å². The molecule has 0 amide bonds. The molecule has 72 valence electrons. The number of aryl methyl sites for hydroxylation is 2. The summed E-state index contributed by atoms with van der Waals surface area (Å²) in [5, 5.41) is 9.53. The molecule has 0 unspecified atom stereocenters. The molecule has 0 bridgehead atoms. The van der Waals surface area contributed by atoms with Crippen LogP contribution in [0.25, 0.3) is 0 Å². The van der Waals surface area contributed by atoms with Crippen molar-refractivity contribution < 1.29 is 5.11 Å². The Balaban J connectivity index is 2.81.